The first-order valence-corrected chi connectivity index (χ1v) is 13.1. The molecule has 8 unspecified atom stereocenters. The molecule has 10 atom stereocenters. The van der Waals surface area contributed by atoms with Crippen LogP contribution in [0.4, 0.5) is 0 Å². The van der Waals surface area contributed by atoms with Gasteiger partial charge in [0.05, 0.1) is 12.7 Å². The molecule has 2 fully saturated rings. The topological polar surface area (TPSA) is 176 Å². The zero-order valence-electron chi connectivity index (χ0n) is 22.2. The van der Waals surface area contributed by atoms with Gasteiger partial charge in [0.25, 0.3) is 0 Å². The Hall–Kier alpha value is -3.00. The van der Waals surface area contributed by atoms with Crippen molar-refractivity contribution in [1.29, 1.82) is 0 Å². The number of nitrogens with one attached hydrogen (secondary N) is 1. The fraction of sp³-hybridized carbons (Fsp3) is 0.467. The average Bonchev–Trinajstić information content (AvgIpc) is 3.34. The number of aliphatic hydroxyl groups is 7. The van der Waals surface area contributed by atoms with E-state index in [0.717, 1.165) is 27.4 Å². The number of hydrogen-bond acceptors (Lipinski definition) is 9. The van der Waals surface area contributed by atoms with E-state index in [1.165, 1.54) is 0 Å². The number of fused-ring (bicyclic) bond motifs is 3. The number of ether oxygens (including phenoxy) is 2. The van der Waals surface area contributed by atoms with Gasteiger partial charge in [0, 0.05) is 27.4 Å². The van der Waals surface area contributed by atoms with E-state index in [9.17, 15) is 30.6 Å². The van der Waals surface area contributed by atoms with Gasteiger partial charge in [0.15, 0.2) is 0 Å². The molecule has 2 aliphatic rings. The minimum atomic E-state index is -1.34. The van der Waals surface area contributed by atoms with Gasteiger partial charge < -0.3 is 50.2 Å². The van der Waals surface area contributed by atoms with Crippen molar-refractivity contribution in [2.45, 2.75) is 81.3 Å². The zero-order chi connectivity index (χ0) is 29.0. The van der Waals surface area contributed by atoms with Crippen LogP contribution < -0.4 is 0 Å². The van der Waals surface area contributed by atoms with Gasteiger partial charge in [0.2, 0.25) is 0 Å². The monoisotopic (exact) mass is 553 g/mol. The first-order chi connectivity index (χ1) is 19.2. The quantitative estimate of drug-likeness (QED) is 0.200. The third kappa shape index (κ3) is 6.17. The van der Waals surface area contributed by atoms with Crippen LogP contribution in [-0.2, 0) is 9.47 Å². The van der Waals surface area contributed by atoms with E-state index < -0.39 is 67.6 Å². The number of aromatic amines is 1. The van der Waals surface area contributed by atoms with Crippen molar-refractivity contribution in [3.05, 3.63) is 48.0 Å². The highest BCUT2D eigenvalue weighted by Gasteiger charge is 2.43. The van der Waals surface area contributed by atoms with Gasteiger partial charge in [-0.3, -0.25) is 0 Å². The second-order valence-corrected chi connectivity index (χ2v) is 9.82. The molecule has 0 bridgehead atoms. The lowest BCUT2D eigenvalue weighted by Crippen LogP contribution is -2.58. The molecule has 2 aromatic carbocycles. The van der Waals surface area contributed by atoms with E-state index in [1.54, 1.807) is 6.92 Å². The Kier molecular flexibility index (Phi) is 9.82. The summed E-state index contributed by atoms with van der Waals surface area (Å²) in [5, 5.41) is 69.3. The first-order valence-electron chi connectivity index (χ1n) is 13.1. The molecule has 0 radical (unpaired) electrons. The smallest absolute Gasteiger partial charge is 0.147 e. The average molecular weight is 554 g/mol. The Morgan fingerprint density at radius 3 is 1.98 bits per heavy atom. The summed E-state index contributed by atoms with van der Waals surface area (Å²) < 4.78 is 10.7. The highest BCUT2D eigenvalue weighted by molar-refractivity contribution is 6.07. The number of aliphatic hydroxyl groups excluding tert-OH is 7. The third-order valence-electron chi connectivity index (χ3n) is 7.16. The van der Waals surface area contributed by atoms with Gasteiger partial charge in [-0.05, 0) is 37.6 Å². The van der Waals surface area contributed by atoms with E-state index in [0.29, 0.717) is 6.42 Å². The first kappa shape index (κ1) is 30.0. The molecule has 3 aromatic rings. The van der Waals surface area contributed by atoms with Crippen LogP contribution in [0.2, 0.25) is 0 Å². The lowest BCUT2D eigenvalue weighted by atomic mass is 9.94. The van der Waals surface area contributed by atoms with E-state index in [4.69, 9.17) is 14.6 Å². The lowest BCUT2D eigenvalue weighted by Gasteiger charge is -2.38. The molecular weight excluding hydrogens is 518 g/mol. The maximum absolute atomic E-state index is 10.1. The summed E-state index contributed by atoms with van der Waals surface area (Å²) in [6.07, 6.45) is -10.1. The van der Waals surface area contributed by atoms with Crippen LogP contribution in [0.5, 0.6) is 0 Å². The van der Waals surface area contributed by atoms with Crippen molar-refractivity contribution in [3.63, 3.8) is 0 Å². The maximum atomic E-state index is 10.1. The van der Waals surface area contributed by atoms with Crippen LogP contribution >= 0.6 is 0 Å². The highest BCUT2D eigenvalue weighted by Crippen LogP contribution is 2.26. The molecule has 214 valence electrons. The van der Waals surface area contributed by atoms with Gasteiger partial charge in [-0.15, -0.1) is 5.92 Å². The summed E-state index contributed by atoms with van der Waals surface area (Å²) in [7, 11) is 0. The molecule has 5 rings (SSSR count). The zero-order valence-corrected chi connectivity index (χ0v) is 22.2. The Morgan fingerprint density at radius 2 is 1.32 bits per heavy atom. The summed E-state index contributed by atoms with van der Waals surface area (Å²) in [5.74, 6) is 11.0. The fourth-order valence-electron chi connectivity index (χ4n) is 4.85. The van der Waals surface area contributed by atoms with Crippen LogP contribution in [0.15, 0.2) is 42.5 Å². The molecule has 0 aliphatic carbocycles. The van der Waals surface area contributed by atoms with Gasteiger partial charge in [-0.2, -0.15) is 0 Å². The SMILES string of the molecule is CC#CC1OC(CO)[C@@H](O)C(O)C1O.CCC1OC(C#Cc2ccc3[nH]c4ccccc4c3c2)C(O)C(O)[C@@H]1O. The van der Waals surface area contributed by atoms with Crippen LogP contribution in [0.3, 0.4) is 0 Å². The van der Waals surface area contributed by atoms with Crippen LogP contribution in [0.1, 0.15) is 25.8 Å². The molecule has 2 aliphatic heterocycles. The molecule has 0 saturated carbocycles. The van der Waals surface area contributed by atoms with E-state index in [2.05, 4.69) is 34.7 Å². The highest BCUT2D eigenvalue weighted by atomic mass is 16.5. The molecule has 8 N–H and O–H groups in total. The third-order valence-corrected chi connectivity index (χ3v) is 7.16. The van der Waals surface area contributed by atoms with Crippen molar-refractivity contribution in [3.8, 4) is 23.7 Å². The van der Waals surface area contributed by atoms with Crippen molar-refractivity contribution >= 4 is 21.8 Å². The van der Waals surface area contributed by atoms with E-state index in [1.807, 2.05) is 43.3 Å². The molecular formula is C30H35NO9. The van der Waals surface area contributed by atoms with Gasteiger partial charge in [0.1, 0.15) is 54.9 Å². The molecule has 0 amide bonds. The summed E-state index contributed by atoms with van der Waals surface area (Å²) in [6, 6.07) is 14.0. The van der Waals surface area contributed by atoms with Crippen LogP contribution in [0.25, 0.3) is 21.8 Å². The van der Waals surface area contributed by atoms with Gasteiger partial charge in [-0.25, -0.2) is 0 Å². The number of rotatable bonds is 2. The minimum Gasteiger partial charge on any atom is -0.394 e. The second kappa shape index (κ2) is 13.1. The van der Waals surface area contributed by atoms with E-state index >= 15 is 0 Å². The van der Waals surface area contributed by atoms with Crippen LogP contribution in [-0.4, -0.2) is 108 Å². The Labute approximate surface area is 231 Å². The normalized spacial score (nSPS) is 33.7. The standard InChI is InChI=1S/C21H21NO4.C9H14O5/c1-2-17-19(23)21(25)20(24)18(26-17)10-8-12-7-9-16-14(11-12)13-5-3-4-6-15(13)22-16;1-2-3-5-7(11)9(13)8(12)6(4-10)14-5/h3-7,9,11,17-25H,2H2,1H3;5-13H,4H2,1H3/t17?,18?,19-,20?,21?;5?,6?,7?,8-,9?/m11/s1. The van der Waals surface area contributed by atoms with Gasteiger partial charge in [-0.1, -0.05) is 42.9 Å². The molecule has 1 aromatic heterocycles. The molecule has 0 spiro atoms. The maximum Gasteiger partial charge on any atom is 0.147 e. The summed E-state index contributed by atoms with van der Waals surface area (Å²) in [6.45, 7) is 3.00. The summed E-state index contributed by atoms with van der Waals surface area (Å²) in [5.41, 5.74) is 2.91. The number of para-hydroxylation sites is 1. The predicted octanol–water partition coefficient (Wildman–Crippen LogP) is -0.215. The predicted molar refractivity (Wildman–Crippen MR) is 147 cm³/mol. The minimum absolute atomic E-state index is 0.424. The Bertz CT molecular complexity index is 1410. The molecule has 40 heavy (non-hydrogen) atoms. The van der Waals surface area contributed by atoms with E-state index in [-0.39, 0.29) is 0 Å². The molecule has 10 heteroatoms. The number of hydrogen-bond donors (Lipinski definition) is 8. The van der Waals surface area contributed by atoms with Crippen molar-refractivity contribution in [2.24, 2.45) is 0 Å². The Balaban J connectivity index is 0.000000224. The van der Waals surface area contributed by atoms with Gasteiger partial charge >= 0.3 is 0 Å². The second-order valence-electron chi connectivity index (χ2n) is 9.82. The molecule has 2 saturated heterocycles. The van der Waals surface area contributed by atoms with Crippen LogP contribution in [0, 0.1) is 23.7 Å². The van der Waals surface area contributed by atoms with Crippen molar-refractivity contribution in [2.75, 3.05) is 6.61 Å². The number of aromatic nitrogens is 1. The Morgan fingerprint density at radius 1 is 0.725 bits per heavy atom. The number of H-pyrrole nitrogens is 1. The fourth-order valence-corrected chi connectivity index (χ4v) is 4.85. The molecule has 10 nitrogen and oxygen atoms in total. The van der Waals surface area contributed by atoms with Crippen molar-refractivity contribution < 1.29 is 45.2 Å². The molecule has 3 heterocycles. The largest absolute Gasteiger partial charge is 0.394 e. The van der Waals surface area contributed by atoms with Crippen molar-refractivity contribution in [1.82, 2.24) is 4.98 Å². The summed E-state index contributed by atoms with van der Waals surface area (Å²) in [4.78, 5) is 3.37. The number of benzene rings is 2. The summed E-state index contributed by atoms with van der Waals surface area (Å²) >= 11 is 0. The lowest BCUT2D eigenvalue weighted by molar-refractivity contribution is -0.214.